The second kappa shape index (κ2) is 6.44. The maximum Gasteiger partial charge on any atom is 0.0587 e. The van der Waals surface area contributed by atoms with Gasteiger partial charge in [-0.3, -0.25) is 0 Å². The Morgan fingerprint density at radius 3 is 2.08 bits per heavy atom. The van der Waals surface area contributed by atoms with E-state index >= 15 is 0 Å². The normalized spacial score (nSPS) is 14.2. The van der Waals surface area contributed by atoms with Crippen molar-refractivity contribution >= 4 is 0 Å². The summed E-state index contributed by atoms with van der Waals surface area (Å²) in [7, 11) is 0. The van der Waals surface area contributed by atoms with Gasteiger partial charge in [-0.15, -0.1) is 0 Å². The van der Waals surface area contributed by atoms with Crippen LogP contribution in [0.5, 0.6) is 0 Å². The molecule has 0 fully saturated rings. The number of aliphatic hydroxyl groups is 1. The Hall–Kier alpha value is -0.0800. The molecule has 0 aliphatic heterocycles. The van der Waals surface area contributed by atoms with Crippen LogP contribution in [0.2, 0.25) is 0 Å². The second-order valence-corrected chi connectivity index (χ2v) is 4.17. The number of rotatable bonds is 6. The van der Waals surface area contributed by atoms with Crippen LogP contribution in [0.1, 0.15) is 34.1 Å². The van der Waals surface area contributed by atoms with Crippen molar-refractivity contribution in [3.8, 4) is 0 Å². The lowest BCUT2D eigenvalue weighted by Crippen LogP contribution is -2.37. The van der Waals surface area contributed by atoms with Gasteiger partial charge in [-0.2, -0.15) is 0 Å². The summed E-state index contributed by atoms with van der Waals surface area (Å²) in [4.78, 5) is 0. The average Bonchev–Trinajstić information content (AvgIpc) is 1.96. The highest BCUT2D eigenvalue weighted by Crippen LogP contribution is 2.02. The molecule has 0 spiro atoms. The van der Waals surface area contributed by atoms with Crippen molar-refractivity contribution in [2.45, 2.75) is 40.2 Å². The summed E-state index contributed by atoms with van der Waals surface area (Å²) in [5.41, 5.74) is 0. The Morgan fingerprint density at radius 1 is 1.17 bits per heavy atom. The van der Waals surface area contributed by atoms with Crippen LogP contribution in [0.3, 0.4) is 0 Å². The number of nitrogens with one attached hydrogen (secondary N) is 1. The van der Waals surface area contributed by atoms with Crippen molar-refractivity contribution < 1.29 is 5.11 Å². The number of aliphatic hydroxyl groups excluding tert-OH is 1. The zero-order valence-electron chi connectivity index (χ0n) is 8.80. The molecule has 0 aromatic rings. The van der Waals surface area contributed by atoms with Gasteiger partial charge in [-0.05, 0) is 24.8 Å². The van der Waals surface area contributed by atoms with Crippen LogP contribution in [0, 0.1) is 11.8 Å². The minimum absolute atomic E-state index is 0.246. The highest BCUT2D eigenvalue weighted by Gasteiger charge is 2.10. The van der Waals surface area contributed by atoms with E-state index in [0.29, 0.717) is 5.92 Å². The van der Waals surface area contributed by atoms with Crippen molar-refractivity contribution in [1.82, 2.24) is 5.32 Å². The molecule has 1 atom stereocenters. The quantitative estimate of drug-likeness (QED) is 0.640. The topological polar surface area (TPSA) is 32.3 Å². The fourth-order valence-electron chi connectivity index (χ4n) is 1.07. The second-order valence-electron chi connectivity index (χ2n) is 4.17. The van der Waals surface area contributed by atoms with Gasteiger partial charge >= 0.3 is 0 Å². The van der Waals surface area contributed by atoms with Crippen molar-refractivity contribution in [2.24, 2.45) is 11.8 Å². The molecule has 0 aromatic carbocycles. The average molecular weight is 173 g/mol. The third kappa shape index (κ3) is 5.56. The van der Waals surface area contributed by atoms with Crippen LogP contribution < -0.4 is 5.32 Å². The molecule has 0 aliphatic rings. The fourth-order valence-corrected chi connectivity index (χ4v) is 1.07. The molecule has 74 valence electrons. The molecule has 0 radical (unpaired) electrons. The largest absolute Gasteiger partial charge is 0.395 e. The summed E-state index contributed by atoms with van der Waals surface area (Å²) in [6.07, 6.45) is 1.18. The molecule has 0 bridgehead atoms. The van der Waals surface area contributed by atoms with Crippen LogP contribution in [-0.4, -0.2) is 24.3 Å². The maximum atomic E-state index is 9.00. The summed E-state index contributed by atoms with van der Waals surface area (Å²) in [6, 6.07) is 0.267. The Bertz CT molecular complexity index is 102. The molecule has 0 aromatic heterocycles. The van der Waals surface area contributed by atoms with Gasteiger partial charge in [0.05, 0.1) is 6.61 Å². The van der Waals surface area contributed by atoms with Gasteiger partial charge < -0.3 is 10.4 Å². The van der Waals surface area contributed by atoms with Crippen LogP contribution in [0.25, 0.3) is 0 Å². The first-order valence-electron chi connectivity index (χ1n) is 4.92. The summed E-state index contributed by atoms with van der Waals surface area (Å²) in [5.74, 6) is 1.26. The molecule has 0 aliphatic carbocycles. The molecule has 0 amide bonds. The van der Waals surface area contributed by atoms with Gasteiger partial charge in [-0.1, -0.05) is 27.7 Å². The smallest absolute Gasteiger partial charge is 0.0587 e. The summed E-state index contributed by atoms with van der Waals surface area (Å²) in [6.45, 7) is 9.94. The van der Waals surface area contributed by atoms with E-state index in [2.05, 4.69) is 33.0 Å². The highest BCUT2D eigenvalue weighted by molar-refractivity contribution is 4.68. The summed E-state index contributed by atoms with van der Waals surface area (Å²) in [5, 5.41) is 12.3. The van der Waals surface area contributed by atoms with Gasteiger partial charge in [0, 0.05) is 6.04 Å². The lowest BCUT2D eigenvalue weighted by Gasteiger charge is -2.20. The highest BCUT2D eigenvalue weighted by atomic mass is 16.3. The molecule has 2 heteroatoms. The van der Waals surface area contributed by atoms with Gasteiger partial charge in [0.15, 0.2) is 0 Å². The fraction of sp³-hybridized carbons (Fsp3) is 1.00. The monoisotopic (exact) mass is 173 g/mol. The Balaban J connectivity index is 3.45. The predicted octanol–water partition coefficient (Wildman–Crippen LogP) is 1.64. The lowest BCUT2D eigenvalue weighted by atomic mass is 10.0. The molecule has 0 rings (SSSR count). The molecule has 0 heterocycles. The van der Waals surface area contributed by atoms with E-state index in [-0.39, 0.29) is 12.6 Å². The van der Waals surface area contributed by atoms with E-state index in [1.54, 1.807) is 0 Å². The van der Waals surface area contributed by atoms with Crippen molar-refractivity contribution in [2.75, 3.05) is 13.2 Å². The SMILES string of the molecule is CC(C)CCNC(CO)C(C)C. The zero-order valence-corrected chi connectivity index (χ0v) is 8.80. The van der Waals surface area contributed by atoms with Crippen molar-refractivity contribution in [3.05, 3.63) is 0 Å². The first-order valence-corrected chi connectivity index (χ1v) is 4.92. The Kier molecular flexibility index (Phi) is 6.39. The van der Waals surface area contributed by atoms with Gasteiger partial charge in [0.1, 0.15) is 0 Å². The van der Waals surface area contributed by atoms with E-state index in [9.17, 15) is 0 Å². The van der Waals surface area contributed by atoms with Crippen LogP contribution in [0.15, 0.2) is 0 Å². The third-order valence-corrected chi connectivity index (χ3v) is 2.13. The maximum absolute atomic E-state index is 9.00. The molecular weight excluding hydrogens is 150 g/mol. The number of hydrogen-bond acceptors (Lipinski definition) is 2. The predicted molar refractivity (Wildman–Crippen MR) is 53.2 cm³/mol. The van der Waals surface area contributed by atoms with Gasteiger partial charge in [-0.25, -0.2) is 0 Å². The van der Waals surface area contributed by atoms with Crippen LogP contribution in [0.4, 0.5) is 0 Å². The molecule has 1 unspecified atom stereocenters. The molecule has 12 heavy (non-hydrogen) atoms. The van der Waals surface area contributed by atoms with E-state index < -0.39 is 0 Å². The van der Waals surface area contributed by atoms with Gasteiger partial charge in [0.25, 0.3) is 0 Å². The molecule has 0 saturated carbocycles. The molecule has 2 N–H and O–H groups in total. The van der Waals surface area contributed by atoms with Crippen molar-refractivity contribution in [1.29, 1.82) is 0 Å². The molecular formula is C10H23NO. The summed E-state index contributed by atoms with van der Waals surface area (Å²) < 4.78 is 0. The minimum Gasteiger partial charge on any atom is -0.395 e. The first kappa shape index (κ1) is 11.9. The summed E-state index contributed by atoms with van der Waals surface area (Å²) >= 11 is 0. The van der Waals surface area contributed by atoms with E-state index in [0.717, 1.165) is 12.5 Å². The number of hydrogen-bond donors (Lipinski definition) is 2. The van der Waals surface area contributed by atoms with Crippen molar-refractivity contribution in [3.63, 3.8) is 0 Å². The first-order chi connectivity index (χ1) is 5.57. The van der Waals surface area contributed by atoms with E-state index in [4.69, 9.17) is 5.11 Å². The minimum atomic E-state index is 0.246. The zero-order chi connectivity index (χ0) is 9.56. The molecule has 2 nitrogen and oxygen atoms in total. The van der Waals surface area contributed by atoms with Crippen LogP contribution >= 0.6 is 0 Å². The lowest BCUT2D eigenvalue weighted by molar-refractivity contribution is 0.209. The van der Waals surface area contributed by atoms with Gasteiger partial charge in [0.2, 0.25) is 0 Å². The Labute approximate surface area is 76.4 Å². The molecule has 0 saturated heterocycles. The third-order valence-electron chi connectivity index (χ3n) is 2.13. The van der Waals surface area contributed by atoms with Crippen LogP contribution in [-0.2, 0) is 0 Å². The standard InChI is InChI=1S/C10H23NO/c1-8(2)5-6-11-10(7-12)9(3)4/h8-12H,5-7H2,1-4H3. The Morgan fingerprint density at radius 2 is 1.75 bits per heavy atom. The van der Waals surface area contributed by atoms with E-state index in [1.165, 1.54) is 6.42 Å². The van der Waals surface area contributed by atoms with E-state index in [1.807, 2.05) is 0 Å².